The molecule has 2 aromatic rings. The molecule has 0 unspecified atom stereocenters. The number of benzene rings is 2. The van der Waals surface area contributed by atoms with Crippen molar-refractivity contribution in [2.24, 2.45) is 0 Å². The number of para-hydroxylation sites is 1. The number of nitriles is 1. The smallest absolute Gasteiger partial charge is 0.331 e. The van der Waals surface area contributed by atoms with Crippen molar-refractivity contribution in [3.05, 3.63) is 54.1 Å². The molecule has 1 aliphatic heterocycles. The summed E-state index contributed by atoms with van der Waals surface area (Å²) in [6.45, 7) is 0.578. The molecule has 1 heterocycles. The summed E-state index contributed by atoms with van der Waals surface area (Å²) < 4.78 is 15.9. The molecular formula is C21H18N2O5S. The topological polar surface area (TPSA) is 97.7 Å². The molecule has 0 atom stereocenters. The van der Waals surface area contributed by atoms with Gasteiger partial charge in [0.15, 0.2) is 18.1 Å². The number of esters is 1. The van der Waals surface area contributed by atoms with Gasteiger partial charge in [-0.25, -0.2) is 4.79 Å². The second-order valence-corrected chi connectivity index (χ2v) is 6.85. The van der Waals surface area contributed by atoms with E-state index in [4.69, 9.17) is 19.5 Å². The van der Waals surface area contributed by atoms with Crippen molar-refractivity contribution < 1.29 is 23.8 Å². The van der Waals surface area contributed by atoms with E-state index in [1.54, 1.807) is 42.5 Å². The fraction of sp³-hybridized carbons (Fsp3) is 0.190. The van der Waals surface area contributed by atoms with E-state index in [9.17, 15) is 9.59 Å². The number of hydrogen-bond acceptors (Lipinski definition) is 7. The van der Waals surface area contributed by atoms with Gasteiger partial charge in [0, 0.05) is 11.0 Å². The summed E-state index contributed by atoms with van der Waals surface area (Å²) in [6, 6.07) is 14.5. The van der Waals surface area contributed by atoms with Crippen LogP contribution in [-0.4, -0.2) is 37.4 Å². The Bertz CT molecular complexity index is 968. The van der Waals surface area contributed by atoms with Gasteiger partial charge in [0.25, 0.3) is 5.91 Å². The molecule has 0 fully saturated rings. The number of amides is 1. The van der Waals surface area contributed by atoms with Crippen LogP contribution in [0.15, 0.2) is 53.4 Å². The molecule has 7 nitrogen and oxygen atoms in total. The minimum absolute atomic E-state index is 0.270. The van der Waals surface area contributed by atoms with Gasteiger partial charge < -0.3 is 19.5 Å². The number of rotatable bonds is 7. The highest BCUT2D eigenvalue weighted by molar-refractivity contribution is 7.99. The molecule has 3 rings (SSSR count). The number of anilines is 1. The fourth-order valence-corrected chi connectivity index (χ4v) is 3.17. The second kappa shape index (κ2) is 10.2. The van der Waals surface area contributed by atoms with Crippen LogP contribution >= 0.6 is 11.8 Å². The van der Waals surface area contributed by atoms with Crippen LogP contribution in [0.2, 0.25) is 0 Å². The van der Waals surface area contributed by atoms with Gasteiger partial charge in [0.05, 0.1) is 17.5 Å². The second-order valence-electron chi connectivity index (χ2n) is 5.84. The maximum absolute atomic E-state index is 12.1. The van der Waals surface area contributed by atoms with Gasteiger partial charge in [0.1, 0.15) is 13.2 Å². The van der Waals surface area contributed by atoms with Crippen LogP contribution in [0.1, 0.15) is 5.56 Å². The quantitative estimate of drug-likeness (QED) is 0.425. The highest BCUT2D eigenvalue weighted by atomic mass is 32.2. The maximum atomic E-state index is 12.1. The summed E-state index contributed by atoms with van der Waals surface area (Å²) >= 11 is 1.31. The average molecular weight is 410 g/mol. The number of carbonyl (C=O) groups is 2. The Morgan fingerprint density at radius 1 is 1.17 bits per heavy atom. The van der Waals surface area contributed by atoms with Crippen molar-refractivity contribution in [2.75, 3.05) is 30.9 Å². The van der Waals surface area contributed by atoms with Gasteiger partial charge in [-0.05, 0) is 35.9 Å². The van der Waals surface area contributed by atoms with Crippen molar-refractivity contribution in [1.29, 1.82) is 5.26 Å². The third-order valence-corrected chi connectivity index (χ3v) is 4.72. The molecule has 0 bridgehead atoms. The van der Waals surface area contributed by atoms with Gasteiger partial charge in [-0.2, -0.15) is 5.26 Å². The normalized spacial score (nSPS) is 12.2. The number of ether oxygens (including phenoxy) is 3. The third kappa shape index (κ3) is 6.02. The Morgan fingerprint density at radius 2 is 1.97 bits per heavy atom. The van der Waals surface area contributed by atoms with Crippen LogP contribution in [0.4, 0.5) is 5.69 Å². The van der Waals surface area contributed by atoms with E-state index < -0.39 is 18.5 Å². The van der Waals surface area contributed by atoms with Crippen LogP contribution in [0.5, 0.6) is 11.5 Å². The van der Waals surface area contributed by atoms with Crippen molar-refractivity contribution in [2.45, 2.75) is 4.90 Å². The number of fused-ring (bicyclic) bond motifs is 1. The van der Waals surface area contributed by atoms with Crippen molar-refractivity contribution >= 4 is 35.4 Å². The lowest BCUT2D eigenvalue weighted by atomic mass is 10.2. The van der Waals surface area contributed by atoms with Crippen molar-refractivity contribution in [3.63, 3.8) is 0 Å². The average Bonchev–Trinajstić information content (AvgIpc) is 2.75. The van der Waals surface area contributed by atoms with E-state index in [0.29, 0.717) is 30.4 Å². The number of hydrogen-bond donors (Lipinski definition) is 1. The van der Waals surface area contributed by atoms with Crippen LogP contribution in [0.3, 0.4) is 0 Å². The van der Waals surface area contributed by atoms with Crippen molar-refractivity contribution in [3.8, 4) is 17.6 Å². The Morgan fingerprint density at radius 3 is 2.79 bits per heavy atom. The predicted octanol–water partition coefficient (Wildman–Crippen LogP) is 3.27. The molecule has 0 saturated heterocycles. The van der Waals surface area contributed by atoms with E-state index in [2.05, 4.69) is 5.32 Å². The molecule has 2 aromatic carbocycles. The predicted molar refractivity (Wildman–Crippen MR) is 109 cm³/mol. The molecule has 0 aromatic heterocycles. The minimum atomic E-state index is -0.637. The van der Waals surface area contributed by atoms with E-state index in [1.807, 2.05) is 12.1 Å². The highest BCUT2D eigenvalue weighted by Gasteiger charge is 2.11. The zero-order valence-electron chi connectivity index (χ0n) is 15.4. The molecule has 29 heavy (non-hydrogen) atoms. The Labute approximate surface area is 172 Å². The molecule has 0 aliphatic carbocycles. The maximum Gasteiger partial charge on any atom is 0.331 e. The number of nitrogens with one attached hydrogen (secondary N) is 1. The zero-order valence-corrected chi connectivity index (χ0v) is 16.2. The van der Waals surface area contributed by atoms with Crippen LogP contribution in [0, 0.1) is 11.3 Å². The molecule has 1 amide bonds. The Kier molecular flexibility index (Phi) is 7.14. The zero-order chi connectivity index (χ0) is 20.5. The van der Waals surface area contributed by atoms with E-state index in [1.165, 1.54) is 17.8 Å². The number of nitrogens with zero attached hydrogens (tertiary/aromatic N) is 1. The summed E-state index contributed by atoms with van der Waals surface area (Å²) in [6.07, 6.45) is 2.82. The van der Waals surface area contributed by atoms with Crippen LogP contribution in [-0.2, 0) is 14.3 Å². The molecule has 0 saturated carbocycles. The molecule has 0 radical (unpaired) electrons. The first kappa shape index (κ1) is 20.3. The summed E-state index contributed by atoms with van der Waals surface area (Å²) in [5, 5.41) is 11.4. The Hall–Kier alpha value is -3.44. The van der Waals surface area contributed by atoms with E-state index >= 15 is 0 Å². The molecule has 1 N–H and O–H groups in total. The first-order valence-corrected chi connectivity index (χ1v) is 9.77. The highest BCUT2D eigenvalue weighted by Crippen LogP contribution is 2.31. The summed E-state index contributed by atoms with van der Waals surface area (Å²) in [4.78, 5) is 24.7. The van der Waals surface area contributed by atoms with Gasteiger partial charge in [-0.3, -0.25) is 4.79 Å². The van der Waals surface area contributed by atoms with Gasteiger partial charge in [-0.15, -0.1) is 11.8 Å². The lowest BCUT2D eigenvalue weighted by Gasteiger charge is -2.18. The molecule has 1 aliphatic rings. The molecule has 0 spiro atoms. The number of carbonyl (C=O) groups excluding carboxylic acids is 2. The lowest BCUT2D eigenvalue weighted by Crippen LogP contribution is -2.20. The molecular weight excluding hydrogens is 392 g/mol. The lowest BCUT2D eigenvalue weighted by molar-refractivity contribution is -0.142. The number of thioether (sulfide) groups is 1. The van der Waals surface area contributed by atoms with Crippen LogP contribution < -0.4 is 14.8 Å². The summed E-state index contributed by atoms with van der Waals surface area (Å²) in [5.41, 5.74) is 1.32. The van der Waals surface area contributed by atoms with Gasteiger partial charge in [-0.1, -0.05) is 18.2 Å². The molecule has 8 heteroatoms. The van der Waals surface area contributed by atoms with Crippen LogP contribution in [0.25, 0.3) is 6.08 Å². The summed E-state index contributed by atoms with van der Waals surface area (Å²) in [5.74, 6) is 0.463. The standard InChI is InChI=1S/C21H18N2O5S/c22-9-12-29-19-4-2-1-3-16(19)23-20(24)14-28-21(25)8-6-15-5-7-17-18(13-15)27-11-10-26-17/h1-8,13H,10-12,14H2,(H,23,24)/b8-6+. The first-order valence-electron chi connectivity index (χ1n) is 8.79. The first-order chi connectivity index (χ1) is 14.2. The van der Waals surface area contributed by atoms with E-state index in [0.717, 1.165) is 10.5 Å². The van der Waals surface area contributed by atoms with Crippen molar-refractivity contribution in [1.82, 2.24) is 0 Å². The Balaban J connectivity index is 1.50. The van der Waals surface area contributed by atoms with Gasteiger partial charge in [0.2, 0.25) is 0 Å². The largest absolute Gasteiger partial charge is 0.486 e. The monoisotopic (exact) mass is 410 g/mol. The molecule has 148 valence electrons. The third-order valence-electron chi connectivity index (χ3n) is 3.78. The SMILES string of the molecule is N#CCSc1ccccc1NC(=O)COC(=O)/C=C/c1ccc2c(c1)OCCO2. The minimum Gasteiger partial charge on any atom is -0.486 e. The summed E-state index contributed by atoms with van der Waals surface area (Å²) in [7, 11) is 0. The fourth-order valence-electron chi connectivity index (χ4n) is 2.50. The van der Waals surface area contributed by atoms with Gasteiger partial charge >= 0.3 is 5.97 Å². The van der Waals surface area contributed by atoms with E-state index in [-0.39, 0.29) is 5.75 Å².